The van der Waals surface area contributed by atoms with E-state index in [1.54, 1.807) is 0 Å². The molecule has 0 atom stereocenters. The third-order valence-corrected chi connectivity index (χ3v) is 2.32. The number of nitrogens with zero attached hydrogens (tertiary/aromatic N) is 1. The molecule has 96 valence electrons. The SMILES string of the molecule is COCCC(=O)CC(=O)c1cccc([N+](=O)[O-])c1. The van der Waals surface area contributed by atoms with Crippen molar-refractivity contribution in [2.45, 2.75) is 12.8 Å². The zero-order chi connectivity index (χ0) is 13.5. The molecule has 0 saturated carbocycles. The molecule has 6 heteroatoms. The number of benzene rings is 1. The third-order valence-electron chi connectivity index (χ3n) is 2.32. The van der Waals surface area contributed by atoms with Crippen LogP contribution in [0, 0.1) is 10.1 Å². The van der Waals surface area contributed by atoms with Gasteiger partial charge in [-0.1, -0.05) is 12.1 Å². The Kier molecular flexibility index (Phi) is 5.13. The minimum absolute atomic E-state index is 0.162. The number of ether oxygens (including phenoxy) is 1. The first kappa shape index (κ1) is 14.0. The number of Topliss-reactive ketones (excluding diaryl/α,β-unsaturated/α-hetero) is 2. The van der Waals surface area contributed by atoms with Crippen LogP contribution in [0.5, 0.6) is 0 Å². The quantitative estimate of drug-likeness (QED) is 0.319. The first-order valence-corrected chi connectivity index (χ1v) is 5.33. The average molecular weight is 251 g/mol. The van der Waals surface area contributed by atoms with Gasteiger partial charge in [-0.05, 0) is 0 Å². The van der Waals surface area contributed by atoms with E-state index >= 15 is 0 Å². The van der Waals surface area contributed by atoms with E-state index in [9.17, 15) is 19.7 Å². The topological polar surface area (TPSA) is 86.5 Å². The number of methoxy groups -OCH3 is 1. The van der Waals surface area contributed by atoms with Gasteiger partial charge in [0.25, 0.3) is 5.69 Å². The van der Waals surface area contributed by atoms with Crippen LogP contribution in [-0.2, 0) is 9.53 Å². The van der Waals surface area contributed by atoms with Crippen LogP contribution in [0.15, 0.2) is 24.3 Å². The standard InChI is InChI=1S/C12H13NO5/c1-18-6-5-11(14)8-12(15)9-3-2-4-10(7-9)13(16)17/h2-4,7H,5-6,8H2,1H3. The highest BCUT2D eigenvalue weighted by Gasteiger charge is 2.14. The van der Waals surface area contributed by atoms with Crippen LogP contribution in [0.3, 0.4) is 0 Å². The van der Waals surface area contributed by atoms with E-state index in [1.165, 1.54) is 31.4 Å². The summed E-state index contributed by atoms with van der Waals surface area (Å²) in [4.78, 5) is 33.0. The Labute approximate surface area is 104 Å². The fraction of sp³-hybridized carbons (Fsp3) is 0.333. The summed E-state index contributed by atoms with van der Waals surface area (Å²) in [5, 5.41) is 10.6. The van der Waals surface area contributed by atoms with E-state index in [2.05, 4.69) is 0 Å². The van der Waals surface area contributed by atoms with Gasteiger partial charge in [-0.3, -0.25) is 19.7 Å². The van der Waals surface area contributed by atoms with Gasteiger partial charge in [-0.25, -0.2) is 0 Å². The predicted molar refractivity (Wildman–Crippen MR) is 63.5 cm³/mol. The zero-order valence-electron chi connectivity index (χ0n) is 9.92. The minimum atomic E-state index is -0.580. The number of ketones is 2. The lowest BCUT2D eigenvalue weighted by Gasteiger charge is -2.01. The molecule has 0 bridgehead atoms. The molecule has 18 heavy (non-hydrogen) atoms. The summed E-state index contributed by atoms with van der Waals surface area (Å²) in [6.07, 6.45) is -0.0955. The number of non-ortho nitro benzene ring substituents is 1. The molecule has 1 aromatic rings. The van der Waals surface area contributed by atoms with Crippen molar-refractivity contribution >= 4 is 17.3 Å². The maximum Gasteiger partial charge on any atom is 0.270 e. The van der Waals surface area contributed by atoms with Crippen molar-refractivity contribution < 1.29 is 19.2 Å². The van der Waals surface area contributed by atoms with Crippen LogP contribution in [0.4, 0.5) is 5.69 Å². The molecule has 0 amide bonds. The van der Waals surface area contributed by atoms with Crippen LogP contribution in [0.1, 0.15) is 23.2 Å². The fourth-order valence-electron chi connectivity index (χ4n) is 1.38. The minimum Gasteiger partial charge on any atom is -0.384 e. The molecule has 0 heterocycles. The maximum absolute atomic E-state index is 11.7. The lowest BCUT2D eigenvalue weighted by atomic mass is 10.0. The van der Waals surface area contributed by atoms with Crippen molar-refractivity contribution in [3.05, 3.63) is 39.9 Å². The van der Waals surface area contributed by atoms with Crippen LogP contribution >= 0.6 is 0 Å². The van der Waals surface area contributed by atoms with Gasteiger partial charge in [-0.2, -0.15) is 0 Å². The molecule has 0 fully saturated rings. The van der Waals surface area contributed by atoms with Crippen LogP contribution in [0.25, 0.3) is 0 Å². The Morgan fingerprint density at radius 3 is 2.72 bits per heavy atom. The monoisotopic (exact) mass is 251 g/mol. The summed E-state index contributed by atoms with van der Waals surface area (Å²) in [5.41, 5.74) is 0.0140. The van der Waals surface area contributed by atoms with Crippen molar-refractivity contribution in [2.75, 3.05) is 13.7 Å². The molecule has 0 unspecified atom stereocenters. The normalized spacial score (nSPS) is 10.1. The molecule has 1 aromatic carbocycles. The highest BCUT2D eigenvalue weighted by atomic mass is 16.6. The highest BCUT2D eigenvalue weighted by Crippen LogP contribution is 2.14. The lowest BCUT2D eigenvalue weighted by Crippen LogP contribution is -2.10. The molecule has 0 aliphatic rings. The first-order chi connectivity index (χ1) is 8.54. The number of rotatable bonds is 7. The molecule has 6 nitrogen and oxygen atoms in total. The van der Waals surface area contributed by atoms with E-state index in [0.29, 0.717) is 0 Å². The smallest absolute Gasteiger partial charge is 0.270 e. The van der Waals surface area contributed by atoms with E-state index in [-0.39, 0.29) is 36.5 Å². The summed E-state index contributed by atoms with van der Waals surface area (Å²) < 4.78 is 4.73. The largest absolute Gasteiger partial charge is 0.384 e. The van der Waals surface area contributed by atoms with Gasteiger partial charge in [0, 0.05) is 31.2 Å². The fourth-order valence-corrected chi connectivity index (χ4v) is 1.38. The molecule has 0 saturated heterocycles. The van der Waals surface area contributed by atoms with Gasteiger partial charge in [0.15, 0.2) is 5.78 Å². The Balaban J connectivity index is 2.69. The molecule has 0 aromatic heterocycles. The Bertz CT molecular complexity index is 469. The number of nitro benzene ring substituents is 1. The molecule has 0 N–H and O–H groups in total. The average Bonchev–Trinajstić information content (AvgIpc) is 2.36. The maximum atomic E-state index is 11.7. The number of hydrogen-bond donors (Lipinski definition) is 0. The molecule has 0 aliphatic heterocycles. The van der Waals surface area contributed by atoms with Gasteiger partial charge in [0.05, 0.1) is 18.0 Å². The molecular formula is C12H13NO5. The zero-order valence-corrected chi connectivity index (χ0v) is 9.92. The number of carbonyl (C=O) groups is 2. The number of carbonyl (C=O) groups excluding carboxylic acids is 2. The second kappa shape index (κ2) is 6.61. The summed E-state index contributed by atoms with van der Waals surface area (Å²) in [7, 11) is 1.47. The van der Waals surface area contributed by atoms with E-state index in [4.69, 9.17) is 4.74 Å². The van der Waals surface area contributed by atoms with E-state index < -0.39 is 10.7 Å². The van der Waals surface area contributed by atoms with Gasteiger partial charge in [-0.15, -0.1) is 0 Å². The Hall–Kier alpha value is -2.08. The van der Waals surface area contributed by atoms with Crippen molar-refractivity contribution in [2.24, 2.45) is 0 Å². The van der Waals surface area contributed by atoms with Gasteiger partial charge < -0.3 is 4.74 Å². The van der Waals surface area contributed by atoms with Crippen LogP contribution < -0.4 is 0 Å². The van der Waals surface area contributed by atoms with E-state index in [1.807, 2.05) is 0 Å². The van der Waals surface area contributed by atoms with Gasteiger partial charge >= 0.3 is 0 Å². The highest BCUT2D eigenvalue weighted by molar-refractivity contribution is 6.08. The third kappa shape index (κ3) is 4.06. The van der Waals surface area contributed by atoms with Gasteiger partial charge in [0.2, 0.25) is 0 Å². The predicted octanol–water partition coefficient (Wildman–Crippen LogP) is 1.77. The number of nitro groups is 1. The number of hydrogen-bond acceptors (Lipinski definition) is 5. The van der Waals surface area contributed by atoms with Crippen LogP contribution in [-0.4, -0.2) is 30.2 Å². The van der Waals surface area contributed by atoms with Crippen LogP contribution in [0.2, 0.25) is 0 Å². The second-order valence-electron chi connectivity index (χ2n) is 3.69. The van der Waals surface area contributed by atoms with Crippen molar-refractivity contribution in [3.8, 4) is 0 Å². The van der Waals surface area contributed by atoms with Crippen molar-refractivity contribution in [3.63, 3.8) is 0 Å². The van der Waals surface area contributed by atoms with Gasteiger partial charge in [0.1, 0.15) is 5.78 Å². The summed E-state index contributed by atoms with van der Waals surface area (Å²) in [5.74, 6) is -0.659. The second-order valence-corrected chi connectivity index (χ2v) is 3.69. The molecular weight excluding hydrogens is 238 g/mol. The summed E-state index contributed by atoms with van der Waals surface area (Å²) in [6, 6.07) is 5.35. The van der Waals surface area contributed by atoms with Crippen molar-refractivity contribution in [1.82, 2.24) is 0 Å². The Morgan fingerprint density at radius 2 is 2.11 bits per heavy atom. The first-order valence-electron chi connectivity index (χ1n) is 5.33. The molecule has 1 rings (SSSR count). The molecule has 0 aliphatic carbocycles. The summed E-state index contributed by atoms with van der Waals surface area (Å²) in [6.45, 7) is 0.265. The van der Waals surface area contributed by atoms with Crippen molar-refractivity contribution in [1.29, 1.82) is 0 Å². The molecule has 0 radical (unpaired) electrons. The van der Waals surface area contributed by atoms with E-state index in [0.717, 1.165) is 0 Å². The Morgan fingerprint density at radius 1 is 1.39 bits per heavy atom. The molecule has 0 spiro atoms. The summed E-state index contributed by atoms with van der Waals surface area (Å²) >= 11 is 0. The lowest BCUT2D eigenvalue weighted by molar-refractivity contribution is -0.384.